The molecule has 0 saturated carbocycles. The predicted octanol–water partition coefficient (Wildman–Crippen LogP) is 4.42. The Labute approximate surface area is 126 Å². The molecule has 0 bridgehead atoms. The molecule has 19 heavy (non-hydrogen) atoms. The summed E-state index contributed by atoms with van der Waals surface area (Å²) in [6, 6.07) is 14.1. The number of halogens is 2. The third kappa shape index (κ3) is 3.11. The van der Waals surface area contributed by atoms with Gasteiger partial charge in [-0.1, -0.05) is 51.8 Å². The highest BCUT2D eigenvalue weighted by Crippen LogP contribution is 2.32. The van der Waals surface area contributed by atoms with Crippen molar-refractivity contribution in [2.45, 2.75) is 6.04 Å². The normalized spacial score (nSPS) is 12.2. The molecule has 2 nitrogen and oxygen atoms in total. The topological polar surface area (TPSA) is 21.3 Å². The zero-order valence-corrected chi connectivity index (χ0v) is 13.1. The van der Waals surface area contributed by atoms with Crippen molar-refractivity contribution < 1.29 is 4.74 Å². The molecule has 2 rings (SSSR count). The van der Waals surface area contributed by atoms with Crippen LogP contribution < -0.4 is 10.1 Å². The van der Waals surface area contributed by atoms with Gasteiger partial charge >= 0.3 is 0 Å². The zero-order chi connectivity index (χ0) is 13.8. The molecule has 0 amide bonds. The fourth-order valence-corrected chi connectivity index (χ4v) is 2.78. The highest BCUT2D eigenvalue weighted by molar-refractivity contribution is 9.10. The van der Waals surface area contributed by atoms with Gasteiger partial charge in [-0.25, -0.2) is 0 Å². The van der Waals surface area contributed by atoms with E-state index in [4.69, 9.17) is 16.3 Å². The largest absolute Gasteiger partial charge is 0.495 e. The molecule has 0 aliphatic carbocycles. The maximum Gasteiger partial charge on any atom is 0.137 e. The number of nitrogens with one attached hydrogen (secondary N) is 1. The van der Waals surface area contributed by atoms with Gasteiger partial charge in [-0.15, -0.1) is 0 Å². The quantitative estimate of drug-likeness (QED) is 0.889. The third-order valence-corrected chi connectivity index (χ3v) is 4.05. The second kappa shape index (κ2) is 6.42. The minimum absolute atomic E-state index is 0.0849. The van der Waals surface area contributed by atoms with Crippen LogP contribution in [-0.4, -0.2) is 14.2 Å². The molecule has 0 fully saturated rings. The van der Waals surface area contributed by atoms with Crippen LogP contribution in [0.5, 0.6) is 5.75 Å². The van der Waals surface area contributed by atoms with Crippen molar-refractivity contribution in [2.75, 3.05) is 14.2 Å². The Bertz CT molecular complexity index is 574. The van der Waals surface area contributed by atoms with Crippen LogP contribution in [0.15, 0.2) is 46.9 Å². The van der Waals surface area contributed by atoms with Crippen LogP contribution in [-0.2, 0) is 0 Å². The van der Waals surface area contributed by atoms with Gasteiger partial charge < -0.3 is 10.1 Å². The summed E-state index contributed by atoms with van der Waals surface area (Å²) in [7, 11) is 3.56. The van der Waals surface area contributed by atoms with E-state index in [2.05, 4.69) is 27.3 Å². The smallest absolute Gasteiger partial charge is 0.137 e. The summed E-state index contributed by atoms with van der Waals surface area (Å²) in [5, 5.41) is 3.94. The van der Waals surface area contributed by atoms with Crippen molar-refractivity contribution >= 4 is 27.5 Å². The Morgan fingerprint density at radius 3 is 2.58 bits per heavy atom. The van der Waals surface area contributed by atoms with Crippen LogP contribution in [0.1, 0.15) is 17.2 Å². The van der Waals surface area contributed by atoms with Gasteiger partial charge in [0.05, 0.1) is 18.2 Å². The van der Waals surface area contributed by atoms with E-state index < -0.39 is 0 Å². The van der Waals surface area contributed by atoms with Crippen LogP contribution in [0.3, 0.4) is 0 Å². The lowest BCUT2D eigenvalue weighted by Gasteiger charge is -2.19. The first-order valence-electron chi connectivity index (χ1n) is 5.92. The van der Waals surface area contributed by atoms with E-state index in [9.17, 15) is 0 Å². The highest BCUT2D eigenvalue weighted by atomic mass is 79.9. The van der Waals surface area contributed by atoms with Crippen LogP contribution in [0.25, 0.3) is 0 Å². The molecule has 0 spiro atoms. The van der Waals surface area contributed by atoms with Gasteiger partial charge in [0.1, 0.15) is 5.75 Å². The van der Waals surface area contributed by atoms with E-state index in [-0.39, 0.29) is 6.04 Å². The summed E-state index contributed by atoms with van der Waals surface area (Å²) < 4.78 is 6.35. The van der Waals surface area contributed by atoms with E-state index in [0.29, 0.717) is 10.8 Å². The Kier molecular flexibility index (Phi) is 4.86. The fourth-order valence-electron chi connectivity index (χ4n) is 2.07. The van der Waals surface area contributed by atoms with Gasteiger partial charge in [-0.05, 0) is 36.4 Å². The van der Waals surface area contributed by atoms with Gasteiger partial charge in [0, 0.05) is 4.47 Å². The molecule has 0 aromatic heterocycles. The Hall–Kier alpha value is -1.03. The summed E-state index contributed by atoms with van der Waals surface area (Å²) >= 11 is 9.65. The standard InChI is InChI=1S/C15H15BrClNO/c1-18-15(11-5-3-4-6-12(11)16)10-7-8-13(17)14(9-10)19-2/h3-9,15,18H,1-2H3. The first kappa shape index (κ1) is 14.4. The van der Waals surface area contributed by atoms with Crippen molar-refractivity contribution in [2.24, 2.45) is 0 Å². The molecular weight excluding hydrogens is 326 g/mol. The molecule has 100 valence electrons. The lowest BCUT2D eigenvalue weighted by Crippen LogP contribution is -2.18. The molecule has 0 saturated heterocycles. The Morgan fingerprint density at radius 2 is 1.95 bits per heavy atom. The summed E-state index contributed by atoms with van der Waals surface area (Å²) in [5.74, 6) is 0.687. The van der Waals surface area contributed by atoms with Crippen LogP contribution in [0, 0.1) is 0 Å². The summed E-state index contributed by atoms with van der Waals surface area (Å²) in [6.07, 6.45) is 0. The van der Waals surface area contributed by atoms with Crippen molar-refractivity contribution in [1.82, 2.24) is 5.32 Å². The van der Waals surface area contributed by atoms with Crippen molar-refractivity contribution in [3.8, 4) is 5.75 Å². The number of rotatable bonds is 4. The SMILES string of the molecule is CNC(c1ccc(Cl)c(OC)c1)c1ccccc1Br. The minimum atomic E-state index is 0.0849. The molecule has 0 radical (unpaired) electrons. The van der Waals surface area contributed by atoms with Gasteiger partial charge in [0.2, 0.25) is 0 Å². The van der Waals surface area contributed by atoms with Crippen molar-refractivity contribution in [3.63, 3.8) is 0 Å². The Morgan fingerprint density at radius 1 is 1.21 bits per heavy atom. The van der Waals surface area contributed by atoms with E-state index in [1.165, 1.54) is 5.56 Å². The third-order valence-electron chi connectivity index (χ3n) is 3.01. The minimum Gasteiger partial charge on any atom is -0.495 e. The van der Waals surface area contributed by atoms with Crippen molar-refractivity contribution in [3.05, 3.63) is 63.1 Å². The van der Waals surface area contributed by atoms with Crippen LogP contribution in [0.4, 0.5) is 0 Å². The average molecular weight is 341 g/mol. The van der Waals surface area contributed by atoms with Crippen LogP contribution in [0.2, 0.25) is 5.02 Å². The van der Waals surface area contributed by atoms with E-state index in [1.807, 2.05) is 43.4 Å². The zero-order valence-electron chi connectivity index (χ0n) is 10.8. The predicted molar refractivity (Wildman–Crippen MR) is 83.0 cm³/mol. The second-order valence-electron chi connectivity index (χ2n) is 4.14. The molecule has 0 heterocycles. The Balaban J connectivity index is 2.45. The molecule has 0 aliphatic rings. The number of hydrogen-bond acceptors (Lipinski definition) is 2. The van der Waals surface area contributed by atoms with E-state index in [0.717, 1.165) is 10.0 Å². The molecule has 2 aromatic rings. The molecule has 1 atom stereocenters. The summed E-state index contributed by atoms with van der Waals surface area (Å²) in [4.78, 5) is 0. The second-order valence-corrected chi connectivity index (χ2v) is 5.40. The van der Waals surface area contributed by atoms with Gasteiger partial charge in [-0.3, -0.25) is 0 Å². The molecule has 4 heteroatoms. The van der Waals surface area contributed by atoms with Gasteiger partial charge in [0.15, 0.2) is 0 Å². The lowest BCUT2D eigenvalue weighted by molar-refractivity contribution is 0.414. The number of ether oxygens (including phenoxy) is 1. The maximum atomic E-state index is 6.07. The lowest BCUT2D eigenvalue weighted by atomic mass is 9.99. The first-order valence-corrected chi connectivity index (χ1v) is 7.09. The van der Waals surface area contributed by atoms with Gasteiger partial charge in [-0.2, -0.15) is 0 Å². The summed E-state index contributed by atoms with van der Waals surface area (Å²) in [6.45, 7) is 0. The molecule has 0 aliphatic heterocycles. The maximum absolute atomic E-state index is 6.07. The molecule has 2 aromatic carbocycles. The monoisotopic (exact) mass is 339 g/mol. The molecular formula is C15H15BrClNO. The number of methoxy groups -OCH3 is 1. The van der Waals surface area contributed by atoms with E-state index >= 15 is 0 Å². The average Bonchev–Trinajstić information content (AvgIpc) is 2.43. The molecule has 1 N–H and O–H groups in total. The number of hydrogen-bond donors (Lipinski definition) is 1. The summed E-state index contributed by atoms with van der Waals surface area (Å²) in [5.41, 5.74) is 2.28. The highest BCUT2D eigenvalue weighted by Gasteiger charge is 2.16. The van der Waals surface area contributed by atoms with Crippen molar-refractivity contribution in [1.29, 1.82) is 0 Å². The van der Waals surface area contributed by atoms with Gasteiger partial charge in [0.25, 0.3) is 0 Å². The molecule has 1 unspecified atom stereocenters. The van der Waals surface area contributed by atoms with E-state index in [1.54, 1.807) is 7.11 Å². The fraction of sp³-hybridized carbons (Fsp3) is 0.200. The number of benzene rings is 2. The first-order chi connectivity index (χ1) is 9.17. The van der Waals surface area contributed by atoms with Crippen LogP contribution >= 0.6 is 27.5 Å².